The third kappa shape index (κ3) is 5.15. The first kappa shape index (κ1) is 15.9. The number of hydrogen-bond donors (Lipinski definition) is 5. The molecule has 7 N–H and O–H groups in total. The highest BCUT2D eigenvalue weighted by Gasteiger charge is 2.09. The standard InChI is InChI=1S/C13H17N7O/c1-17-8-11(13(16)21)12(15)19-9-3-2-4-10(7-9)20-18-6-5-14/h2-8,14,17,20H,1H3,(H2,15,19)(H2,16,21)/b11-8+,14-5?,18-6-. The van der Waals surface area contributed by atoms with Gasteiger partial charge in [-0.2, -0.15) is 5.10 Å². The van der Waals surface area contributed by atoms with Gasteiger partial charge in [0.2, 0.25) is 0 Å². The van der Waals surface area contributed by atoms with Gasteiger partial charge in [0.15, 0.2) is 0 Å². The number of carbonyl (C=O) groups is 1. The van der Waals surface area contributed by atoms with Crippen molar-refractivity contribution in [3.8, 4) is 0 Å². The zero-order valence-corrected chi connectivity index (χ0v) is 11.5. The molecular weight excluding hydrogens is 270 g/mol. The van der Waals surface area contributed by atoms with Gasteiger partial charge in [-0.15, -0.1) is 0 Å². The van der Waals surface area contributed by atoms with Gasteiger partial charge in [0.1, 0.15) is 5.84 Å². The van der Waals surface area contributed by atoms with Crippen LogP contribution in [0, 0.1) is 5.41 Å². The lowest BCUT2D eigenvalue weighted by molar-refractivity contribution is -0.114. The van der Waals surface area contributed by atoms with Crippen molar-refractivity contribution in [2.24, 2.45) is 21.6 Å². The first-order valence-electron chi connectivity index (χ1n) is 5.98. The molecule has 1 amide bonds. The van der Waals surface area contributed by atoms with Crippen molar-refractivity contribution >= 4 is 35.5 Å². The molecular formula is C13H17N7O. The molecule has 0 saturated heterocycles. The van der Waals surface area contributed by atoms with Gasteiger partial charge in [-0.1, -0.05) is 6.07 Å². The van der Waals surface area contributed by atoms with Crippen LogP contribution < -0.4 is 22.2 Å². The van der Waals surface area contributed by atoms with E-state index in [2.05, 4.69) is 20.8 Å². The van der Waals surface area contributed by atoms with Crippen LogP contribution in [0.3, 0.4) is 0 Å². The number of hydrogen-bond acceptors (Lipinski definition) is 6. The average molecular weight is 287 g/mol. The molecule has 1 aromatic rings. The largest absolute Gasteiger partial charge is 0.393 e. The molecule has 0 atom stereocenters. The van der Waals surface area contributed by atoms with E-state index < -0.39 is 5.91 Å². The average Bonchev–Trinajstić information content (AvgIpc) is 2.45. The van der Waals surface area contributed by atoms with Crippen LogP contribution >= 0.6 is 0 Å². The minimum absolute atomic E-state index is 0.0111. The van der Waals surface area contributed by atoms with Crippen LogP contribution in [0.15, 0.2) is 46.1 Å². The fourth-order valence-electron chi connectivity index (χ4n) is 1.41. The quantitative estimate of drug-likeness (QED) is 0.213. The van der Waals surface area contributed by atoms with Gasteiger partial charge in [0, 0.05) is 19.5 Å². The number of nitrogens with one attached hydrogen (secondary N) is 3. The second-order valence-corrected chi connectivity index (χ2v) is 3.81. The van der Waals surface area contributed by atoms with Crippen LogP contribution in [0.2, 0.25) is 0 Å². The van der Waals surface area contributed by atoms with Gasteiger partial charge in [-0.3, -0.25) is 10.2 Å². The normalized spacial score (nSPS) is 12.2. The topological polar surface area (TPSA) is 142 Å². The van der Waals surface area contributed by atoms with Crippen molar-refractivity contribution in [1.29, 1.82) is 5.41 Å². The van der Waals surface area contributed by atoms with E-state index >= 15 is 0 Å². The molecule has 110 valence electrons. The highest BCUT2D eigenvalue weighted by Crippen LogP contribution is 2.18. The predicted molar refractivity (Wildman–Crippen MR) is 85.0 cm³/mol. The second kappa shape index (κ2) is 8.10. The molecule has 8 heteroatoms. The monoisotopic (exact) mass is 287 g/mol. The van der Waals surface area contributed by atoms with Crippen LogP contribution in [0.1, 0.15) is 0 Å². The third-order valence-corrected chi connectivity index (χ3v) is 2.27. The molecule has 0 aliphatic carbocycles. The van der Waals surface area contributed by atoms with E-state index in [1.54, 1.807) is 31.3 Å². The first-order valence-corrected chi connectivity index (χ1v) is 5.98. The third-order valence-electron chi connectivity index (χ3n) is 2.27. The van der Waals surface area contributed by atoms with E-state index in [4.69, 9.17) is 16.9 Å². The number of amidine groups is 1. The maximum absolute atomic E-state index is 11.3. The highest BCUT2D eigenvalue weighted by atomic mass is 16.1. The van der Waals surface area contributed by atoms with Crippen molar-refractivity contribution < 1.29 is 4.79 Å². The number of amides is 1. The Bertz CT molecular complexity index is 604. The lowest BCUT2D eigenvalue weighted by Crippen LogP contribution is -2.27. The molecule has 1 aromatic carbocycles. The van der Waals surface area contributed by atoms with Gasteiger partial charge in [-0.05, 0) is 18.2 Å². The summed E-state index contributed by atoms with van der Waals surface area (Å²) in [5, 5.41) is 13.3. The van der Waals surface area contributed by atoms with E-state index in [0.717, 1.165) is 6.21 Å². The molecule has 0 saturated carbocycles. The zero-order chi connectivity index (χ0) is 15.7. The smallest absolute Gasteiger partial charge is 0.253 e. The Morgan fingerprint density at radius 1 is 1.38 bits per heavy atom. The SMILES string of the molecule is CN/C=C(/C(N)=O)C(N)=Nc1cccc(N/N=C\C=N)c1. The Morgan fingerprint density at radius 3 is 2.76 bits per heavy atom. The van der Waals surface area contributed by atoms with E-state index in [0.29, 0.717) is 11.4 Å². The summed E-state index contributed by atoms with van der Waals surface area (Å²) < 4.78 is 0. The predicted octanol–water partition coefficient (Wildman–Crippen LogP) is 0.311. The molecule has 0 spiro atoms. The minimum Gasteiger partial charge on any atom is -0.393 e. The number of primary amides is 1. The summed E-state index contributed by atoms with van der Waals surface area (Å²) in [7, 11) is 1.63. The van der Waals surface area contributed by atoms with Crippen molar-refractivity contribution in [3.63, 3.8) is 0 Å². The fraction of sp³-hybridized carbons (Fsp3) is 0.0769. The van der Waals surface area contributed by atoms with E-state index in [-0.39, 0.29) is 11.4 Å². The summed E-state index contributed by atoms with van der Waals surface area (Å²) in [5.41, 5.74) is 15.0. The zero-order valence-electron chi connectivity index (χ0n) is 11.5. The molecule has 8 nitrogen and oxygen atoms in total. The van der Waals surface area contributed by atoms with E-state index in [1.807, 2.05) is 0 Å². The second-order valence-electron chi connectivity index (χ2n) is 3.81. The molecule has 0 aliphatic heterocycles. The number of hydrazone groups is 1. The van der Waals surface area contributed by atoms with E-state index in [9.17, 15) is 4.79 Å². The molecule has 21 heavy (non-hydrogen) atoms. The van der Waals surface area contributed by atoms with Gasteiger partial charge < -0.3 is 22.2 Å². The molecule has 0 bridgehead atoms. The first-order chi connectivity index (χ1) is 10.1. The van der Waals surface area contributed by atoms with Crippen LogP contribution in [-0.2, 0) is 4.79 Å². The molecule has 0 aliphatic rings. The minimum atomic E-state index is -0.671. The summed E-state index contributed by atoms with van der Waals surface area (Å²) in [4.78, 5) is 15.4. The Hall–Kier alpha value is -3.16. The number of rotatable bonds is 7. The van der Waals surface area contributed by atoms with Crippen molar-refractivity contribution in [2.45, 2.75) is 0 Å². The van der Waals surface area contributed by atoms with Crippen LogP contribution in [0.4, 0.5) is 11.4 Å². The Kier molecular flexibility index (Phi) is 6.13. The number of nitrogens with two attached hydrogens (primary N) is 2. The van der Waals surface area contributed by atoms with Gasteiger partial charge >= 0.3 is 0 Å². The van der Waals surface area contributed by atoms with Crippen LogP contribution in [0.25, 0.3) is 0 Å². The van der Waals surface area contributed by atoms with Gasteiger partial charge in [-0.25, -0.2) is 4.99 Å². The van der Waals surface area contributed by atoms with Crippen LogP contribution in [-0.4, -0.2) is 31.2 Å². The number of aliphatic imine (C=N–C) groups is 1. The molecule has 0 unspecified atom stereocenters. The van der Waals surface area contributed by atoms with Crippen molar-refractivity contribution in [2.75, 3.05) is 12.5 Å². The molecule has 1 rings (SSSR count). The van der Waals surface area contributed by atoms with E-state index in [1.165, 1.54) is 12.4 Å². The number of anilines is 1. The summed E-state index contributed by atoms with van der Waals surface area (Å²) in [5.74, 6) is -0.660. The Balaban J connectivity index is 3.00. The maximum atomic E-state index is 11.3. The summed E-state index contributed by atoms with van der Waals surface area (Å²) in [6.07, 6.45) is 3.73. The fourth-order valence-corrected chi connectivity index (χ4v) is 1.41. The van der Waals surface area contributed by atoms with Gasteiger partial charge in [0.05, 0.1) is 23.2 Å². The summed E-state index contributed by atoms with van der Waals surface area (Å²) >= 11 is 0. The summed E-state index contributed by atoms with van der Waals surface area (Å²) in [6.45, 7) is 0. The lowest BCUT2D eigenvalue weighted by Gasteiger charge is -2.04. The number of carbonyl (C=O) groups excluding carboxylic acids is 1. The number of nitrogens with zero attached hydrogens (tertiary/aromatic N) is 2. The van der Waals surface area contributed by atoms with Crippen molar-refractivity contribution in [1.82, 2.24) is 5.32 Å². The van der Waals surface area contributed by atoms with Crippen LogP contribution in [0.5, 0.6) is 0 Å². The van der Waals surface area contributed by atoms with Crippen molar-refractivity contribution in [3.05, 3.63) is 36.0 Å². The lowest BCUT2D eigenvalue weighted by atomic mass is 10.2. The Morgan fingerprint density at radius 2 is 2.14 bits per heavy atom. The number of benzene rings is 1. The molecule has 0 radical (unpaired) electrons. The molecule has 0 fully saturated rings. The Labute approximate surface area is 122 Å². The molecule has 0 heterocycles. The molecule has 0 aromatic heterocycles. The van der Waals surface area contributed by atoms with Gasteiger partial charge in [0.25, 0.3) is 5.91 Å². The highest BCUT2D eigenvalue weighted by molar-refractivity contribution is 6.20. The maximum Gasteiger partial charge on any atom is 0.253 e. The summed E-state index contributed by atoms with van der Waals surface area (Å²) in [6, 6.07) is 6.93.